The molecule has 0 radical (unpaired) electrons. The van der Waals surface area contributed by atoms with E-state index in [0.29, 0.717) is 4.43 Å². The van der Waals surface area contributed by atoms with Gasteiger partial charge in [-0.3, -0.25) is 0 Å². The van der Waals surface area contributed by atoms with Crippen molar-refractivity contribution in [2.24, 2.45) is 5.92 Å². The van der Waals surface area contributed by atoms with Gasteiger partial charge in [-0.25, -0.2) is 4.79 Å². The molecule has 13 heavy (non-hydrogen) atoms. The van der Waals surface area contributed by atoms with Crippen molar-refractivity contribution < 1.29 is 22.8 Å². The summed E-state index contributed by atoms with van der Waals surface area (Å²) < 4.78 is 37.3. The van der Waals surface area contributed by atoms with Crippen LogP contribution in [0.1, 0.15) is 6.42 Å². The average molecular weight is 309 g/mol. The van der Waals surface area contributed by atoms with Gasteiger partial charge < -0.3 is 4.84 Å². The molecule has 0 aliphatic carbocycles. The van der Waals surface area contributed by atoms with Gasteiger partial charge in [0.2, 0.25) is 0 Å². The van der Waals surface area contributed by atoms with Crippen LogP contribution in [0.4, 0.5) is 13.2 Å². The van der Waals surface area contributed by atoms with Crippen LogP contribution in [0.5, 0.6) is 0 Å². The first-order valence-corrected chi connectivity index (χ1v) is 5.08. The van der Waals surface area contributed by atoms with E-state index in [0.717, 1.165) is 0 Å². The van der Waals surface area contributed by atoms with E-state index in [1.165, 1.54) is 0 Å². The molecule has 7 heteroatoms. The maximum atomic E-state index is 12.2. The zero-order valence-electron chi connectivity index (χ0n) is 6.40. The first-order valence-electron chi connectivity index (χ1n) is 3.55. The molecule has 1 aliphatic rings. The minimum Gasteiger partial charge on any atom is -0.370 e. The molecule has 0 amide bonds. The van der Waals surface area contributed by atoms with Crippen LogP contribution < -0.4 is 5.48 Å². The third kappa shape index (κ3) is 2.46. The van der Waals surface area contributed by atoms with Crippen LogP contribution in [0, 0.1) is 5.92 Å². The number of hydrogen-bond donors (Lipinski definition) is 1. The molecule has 1 heterocycles. The molecule has 0 aromatic heterocycles. The molecule has 1 rings (SSSR count). The fourth-order valence-corrected chi connectivity index (χ4v) is 1.81. The fraction of sp³-hybridized carbons (Fsp3) is 0.833. The summed E-state index contributed by atoms with van der Waals surface area (Å²) in [5.41, 5.74) is 2.09. The lowest BCUT2D eigenvalue weighted by Gasteiger charge is -2.16. The van der Waals surface area contributed by atoms with Crippen molar-refractivity contribution in [1.82, 2.24) is 5.48 Å². The van der Waals surface area contributed by atoms with Gasteiger partial charge in [0.25, 0.3) is 0 Å². The standard InChI is InChI=1S/C6H7F3INO2/c7-6(8,9)4-3(1-2-10)11-13-5(4)12/h3-4,11H,1-2H2. The van der Waals surface area contributed by atoms with E-state index in [9.17, 15) is 18.0 Å². The monoisotopic (exact) mass is 309 g/mol. The van der Waals surface area contributed by atoms with Crippen molar-refractivity contribution >= 4 is 28.6 Å². The third-order valence-corrected chi connectivity index (χ3v) is 2.36. The summed E-state index contributed by atoms with van der Waals surface area (Å²) in [4.78, 5) is 14.8. The maximum Gasteiger partial charge on any atom is 0.403 e. The third-order valence-electron chi connectivity index (χ3n) is 1.74. The number of alkyl halides is 4. The van der Waals surface area contributed by atoms with E-state index in [1.807, 2.05) is 22.6 Å². The van der Waals surface area contributed by atoms with Crippen LogP contribution in [0.3, 0.4) is 0 Å². The highest BCUT2D eigenvalue weighted by molar-refractivity contribution is 14.1. The second-order valence-electron chi connectivity index (χ2n) is 2.64. The van der Waals surface area contributed by atoms with Gasteiger partial charge in [0.05, 0.1) is 6.04 Å². The molecule has 0 bridgehead atoms. The Hall–Kier alpha value is -0.0500. The first kappa shape index (κ1) is 11.0. The molecule has 2 atom stereocenters. The quantitative estimate of drug-likeness (QED) is 0.619. The summed E-state index contributed by atoms with van der Waals surface area (Å²) in [6.45, 7) is 0. The van der Waals surface area contributed by atoms with Gasteiger partial charge in [-0.05, 0) is 6.42 Å². The highest BCUT2D eigenvalue weighted by atomic mass is 127. The van der Waals surface area contributed by atoms with Crippen LogP contribution in [0.25, 0.3) is 0 Å². The van der Waals surface area contributed by atoms with Crippen molar-refractivity contribution in [3.8, 4) is 0 Å². The molecule has 0 spiro atoms. The molecule has 76 valence electrons. The number of carbonyl (C=O) groups excluding carboxylic acids is 1. The lowest BCUT2D eigenvalue weighted by atomic mass is 9.99. The van der Waals surface area contributed by atoms with Crippen LogP contribution in [-0.4, -0.2) is 22.6 Å². The Morgan fingerprint density at radius 3 is 2.62 bits per heavy atom. The van der Waals surface area contributed by atoms with Crippen LogP contribution >= 0.6 is 22.6 Å². The Bertz CT molecular complexity index is 209. The molecule has 1 aliphatic heterocycles. The van der Waals surface area contributed by atoms with Gasteiger partial charge >= 0.3 is 12.1 Å². The number of nitrogens with one attached hydrogen (secondary N) is 1. The van der Waals surface area contributed by atoms with Crippen molar-refractivity contribution in [3.63, 3.8) is 0 Å². The Labute approximate surface area is 86.1 Å². The van der Waals surface area contributed by atoms with Crippen LogP contribution in [0.2, 0.25) is 0 Å². The minimum absolute atomic E-state index is 0.260. The summed E-state index contributed by atoms with van der Waals surface area (Å²) in [5, 5.41) is 0. The Kier molecular flexibility index (Phi) is 3.38. The number of hydroxylamine groups is 1. The summed E-state index contributed by atoms with van der Waals surface area (Å²) in [7, 11) is 0. The highest BCUT2D eigenvalue weighted by Crippen LogP contribution is 2.34. The number of halogens is 4. The maximum absolute atomic E-state index is 12.2. The second-order valence-corrected chi connectivity index (χ2v) is 3.72. The first-order chi connectivity index (χ1) is 5.96. The summed E-state index contributed by atoms with van der Waals surface area (Å²) >= 11 is 1.95. The number of hydrogen-bond acceptors (Lipinski definition) is 3. The van der Waals surface area contributed by atoms with Crippen molar-refractivity contribution in [2.45, 2.75) is 18.6 Å². The Balaban J connectivity index is 2.71. The predicted molar refractivity (Wildman–Crippen MR) is 46.1 cm³/mol. The number of rotatable bonds is 2. The largest absolute Gasteiger partial charge is 0.403 e. The number of carbonyl (C=O) groups is 1. The summed E-state index contributed by atoms with van der Waals surface area (Å²) in [6, 6.07) is -0.940. The average Bonchev–Trinajstić information content (AvgIpc) is 2.31. The molecule has 2 unspecified atom stereocenters. The minimum atomic E-state index is -4.52. The van der Waals surface area contributed by atoms with E-state index in [4.69, 9.17) is 0 Å². The lowest BCUT2D eigenvalue weighted by Crippen LogP contribution is -2.38. The smallest absolute Gasteiger partial charge is 0.370 e. The van der Waals surface area contributed by atoms with Gasteiger partial charge in [-0.15, -0.1) is 5.48 Å². The molecule has 0 saturated carbocycles. The summed E-state index contributed by atoms with van der Waals surface area (Å²) in [5.74, 6) is -3.25. The van der Waals surface area contributed by atoms with Crippen LogP contribution in [-0.2, 0) is 9.63 Å². The van der Waals surface area contributed by atoms with E-state index < -0.39 is 24.1 Å². The predicted octanol–water partition coefficient (Wildman–Crippen LogP) is 1.42. The van der Waals surface area contributed by atoms with E-state index in [-0.39, 0.29) is 6.42 Å². The van der Waals surface area contributed by atoms with Crippen LogP contribution in [0.15, 0.2) is 0 Å². The fourth-order valence-electron chi connectivity index (χ4n) is 1.13. The van der Waals surface area contributed by atoms with Crippen molar-refractivity contribution in [1.29, 1.82) is 0 Å². The zero-order valence-corrected chi connectivity index (χ0v) is 8.55. The molecule has 0 aromatic carbocycles. The molecule has 1 fully saturated rings. The highest BCUT2D eigenvalue weighted by Gasteiger charge is 2.54. The van der Waals surface area contributed by atoms with Crippen molar-refractivity contribution in [2.75, 3.05) is 4.43 Å². The van der Waals surface area contributed by atoms with E-state index in [2.05, 4.69) is 10.3 Å². The van der Waals surface area contributed by atoms with Crippen molar-refractivity contribution in [3.05, 3.63) is 0 Å². The molecule has 3 nitrogen and oxygen atoms in total. The normalized spacial score (nSPS) is 29.1. The molecule has 1 saturated heterocycles. The molecular formula is C6H7F3INO2. The molecule has 0 aromatic rings. The van der Waals surface area contributed by atoms with E-state index in [1.54, 1.807) is 0 Å². The van der Waals surface area contributed by atoms with E-state index >= 15 is 0 Å². The van der Waals surface area contributed by atoms with Gasteiger partial charge in [0.15, 0.2) is 5.92 Å². The zero-order chi connectivity index (χ0) is 10.1. The lowest BCUT2D eigenvalue weighted by molar-refractivity contribution is -0.186. The summed E-state index contributed by atoms with van der Waals surface area (Å²) in [6.07, 6.45) is -4.26. The SMILES string of the molecule is O=C1ONC(CCI)C1C(F)(F)F. The topological polar surface area (TPSA) is 38.3 Å². The Morgan fingerprint density at radius 2 is 2.15 bits per heavy atom. The Morgan fingerprint density at radius 1 is 1.54 bits per heavy atom. The molecule has 1 N–H and O–H groups in total. The van der Waals surface area contributed by atoms with Gasteiger partial charge in [0.1, 0.15) is 0 Å². The van der Waals surface area contributed by atoms with Gasteiger partial charge in [-0.1, -0.05) is 22.6 Å². The molecular weight excluding hydrogens is 302 g/mol. The second kappa shape index (κ2) is 3.99. The van der Waals surface area contributed by atoms with Gasteiger partial charge in [0, 0.05) is 4.43 Å². The van der Waals surface area contributed by atoms with Gasteiger partial charge in [-0.2, -0.15) is 13.2 Å².